The number of phenolic OH excluding ortho intramolecular Hbond substituents is 2. The molecule has 1 aliphatic carbocycles. The monoisotopic (exact) mass is 552 g/mol. The Morgan fingerprint density at radius 1 is 0.950 bits per heavy atom. The molecule has 13 nitrogen and oxygen atoms in total. The molecule has 3 heterocycles. The largest absolute Gasteiger partial charge is 0.504 e. The summed E-state index contributed by atoms with van der Waals surface area (Å²) >= 11 is 0. The Kier molecular flexibility index (Phi) is 5.35. The number of hydrogen-bond acceptors (Lipinski definition) is 13. The fourth-order valence-electron chi connectivity index (χ4n) is 5.33. The van der Waals surface area contributed by atoms with Crippen LogP contribution in [-0.4, -0.2) is 66.1 Å². The third-order valence-electron chi connectivity index (χ3n) is 7.24. The molecular weight excluding hydrogens is 532 g/mol. The number of phenols is 2. The molecular formula is C27H20O13. The number of esters is 1. The molecule has 1 spiro atoms. The highest BCUT2D eigenvalue weighted by atomic mass is 16.7. The molecule has 0 saturated heterocycles. The van der Waals surface area contributed by atoms with Gasteiger partial charge in [0.15, 0.2) is 40.6 Å². The zero-order chi connectivity index (χ0) is 28.7. The number of carbonyl (C=O) groups excluding carboxylic acids is 3. The van der Waals surface area contributed by atoms with Gasteiger partial charge < -0.3 is 43.4 Å². The second kappa shape index (κ2) is 8.48. The van der Waals surface area contributed by atoms with E-state index < -0.39 is 63.4 Å². The van der Waals surface area contributed by atoms with Crippen molar-refractivity contribution in [2.45, 2.75) is 24.7 Å². The molecule has 0 unspecified atom stereocenters. The van der Waals surface area contributed by atoms with Crippen molar-refractivity contribution in [2.24, 2.45) is 0 Å². The van der Waals surface area contributed by atoms with Gasteiger partial charge in [0.2, 0.25) is 11.5 Å². The second-order valence-electron chi connectivity index (χ2n) is 9.27. The summed E-state index contributed by atoms with van der Waals surface area (Å²) < 4.78 is 31.7. The third kappa shape index (κ3) is 3.18. The number of ketones is 2. The molecule has 6 rings (SSSR count). The van der Waals surface area contributed by atoms with E-state index in [1.807, 2.05) is 0 Å². The Hall–Kier alpha value is -5.04. The minimum Gasteiger partial charge on any atom is -0.504 e. The van der Waals surface area contributed by atoms with Gasteiger partial charge in [-0.15, -0.1) is 0 Å². The van der Waals surface area contributed by atoms with Gasteiger partial charge >= 0.3 is 11.6 Å². The number of rotatable bonds is 3. The van der Waals surface area contributed by atoms with Gasteiger partial charge in [-0.3, -0.25) is 9.59 Å². The first-order valence-electron chi connectivity index (χ1n) is 11.9. The lowest BCUT2D eigenvalue weighted by atomic mass is 9.83. The van der Waals surface area contributed by atoms with Crippen LogP contribution in [0.1, 0.15) is 43.3 Å². The number of Topliss-reactive ketones (excluding diaryl/α,β-unsaturated/α-hetero) is 2. The second-order valence-corrected chi connectivity index (χ2v) is 9.27. The summed E-state index contributed by atoms with van der Waals surface area (Å²) in [5.74, 6) is -7.27. The molecule has 0 bridgehead atoms. The van der Waals surface area contributed by atoms with E-state index in [0.717, 1.165) is 7.11 Å². The normalized spacial score (nSPS) is 20.9. The Balaban J connectivity index is 1.44. The average molecular weight is 552 g/mol. The van der Waals surface area contributed by atoms with Crippen LogP contribution in [0.5, 0.6) is 28.7 Å². The smallest absolute Gasteiger partial charge is 0.374 e. The minimum absolute atomic E-state index is 0.0697. The van der Waals surface area contributed by atoms with E-state index in [0.29, 0.717) is 5.56 Å². The fraction of sp³-hybridized carbons (Fsp3) is 0.259. The van der Waals surface area contributed by atoms with Crippen LogP contribution in [0.2, 0.25) is 0 Å². The summed E-state index contributed by atoms with van der Waals surface area (Å²) in [5.41, 5.74) is -1.78. The van der Waals surface area contributed by atoms with Crippen LogP contribution in [0.25, 0.3) is 10.8 Å². The number of aromatic hydroxyl groups is 2. The van der Waals surface area contributed by atoms with Gasteiger partial charge in [-0.25, -0.2) is 9.59 Å². The molecule has 3 aliphatic rings. The highest BCUT2D eigenvalue weighted by Gasteiger charge is 2.59. The van der Waals surface area contributed by atoms with Gasteiger partial charge in [0.05, 0.1) is 38.0 Å². The quantitative estimate of drug-likeness (QED) is 0.399. The van der Waals surface area contributed by atoms with Gasteiger partial charge in [0.25, 0.3) is 5.79 Å². The van der Waals surface area contributed by atoms with E-state index in [-0.39, 0.29) is 52.2 Å². The zero-order valence-corrected chi connectivity index (χ0v) is 21.1. The van der Waals surface area contributed by atoms with Crippen molar-refractivity contribution in [3.8, 4) is 28.7 Å². The predicted molar refractivity (Wildman–Crippen MR) is 131 cm³/mol. The summed E-state index contributed by atoms with van der Waals surface area (Å²) in [6.45, 7) is 0. The summed E-state index contributed by atoms with van der Waals surface area (Å²) in [7, 11) is 3.63. The molecule has 0 radical (unpaired) electrons. The van der Waals surface area contributed by atoms with Crippen LogP contribution in [0.15, 0.2) is 38.7 Å². The van der Waals surface area contributed by atoms with Crippen molar-refractivity contribution in [1.29, 1.82) is 0 Å². The Labute approximate surface area is 223 Å². The van der Waals surface area contributed by atoms with Gasteiger partial charge in [0.1, 0.15) is 11.1 Å². The number of allylic oxidation sites excluding steroid dienone is 1. The molecule has 1 aromatic heterocycles. The van der Waals surface area contributed by atoms with Crippen molar-refractivity contribution in [3.05, 3.63) is 62.4 Å². The Morgan fingerprint density at radius 3 is 2.35 bits per heavy atom. The number of fused-ring (bicyclic) bond motifs is 3. The SMILES string of the molecule is COC(=O)c1cc2cc3c(c(O)c2c(=O)o1)O[C@]1(CC3)OC2=C(C(=O)c3c(OC)cc(OC)c(O)c3C2=O)[C@H]1O. The first-order valence-corrected chi connectivity index (χ1v) is 11.9. The minimum atomic E-state index is -2.03. The summed E-state index contributed by atoms with van der Waals surface area (Å²) in [6.07, 6.45) is -1.79. The maximum Gasteiger partial charge on any atom is 0.374 e. The van der Waals surface area contributed by atoms with E-state index in [1.54, 1.807) is 0 Å². The molecule has 2 aromatic carbocycles. The number of aliphatic hydroxyl groups excluding tert-OH is 1. The lowest BCUT2D eigenvalue weighted by molar-refractivity contribution is -0.195. The summed E-state index contributed by atoms with van der Waals surface area (Å²) in [5, 5.41) is 32.9. The third-order valence-corrected chi connectivity index (χ3v) is 7.24. The average Bonchev–Trinajstić information content (AvgIpc) is 3.23. The highest BCUT2D eigenvalue weighted by Crippen LogP contribution is 2.53. The standard InChI is InChI=1S/C27H20O13/c1-35-11-8-12(36-2)18(28)16-15(11)19(29)17-23(21(16)31)40-27(24(17)32)5-4-9-6-10-7-13(25(33)37-3)38-26(34)14(10)20(30)22(9)39-27/h6-8,24,28,30,32H,4-5H2,1-3H3/t24-,27-/m1/s1. The molecule has 2 atom stereocenters. The number of ether oxygens (including phenoxy) is 5. The molecule has 0 saturated carbocycles. The summed E-state index contributed by atoms with van der Waals surface area (Å²) in [6, 6.07) is 3.96. The Morgan fingerprint density at radius 2 is 1.68 bits per heavy atom. The lowest BCUT2D eigenvalue weighted by Crippen LogP contribution is -2.49. The van der Waals surface area contributed by atoms with E-state index in [1.165, 1.54) is 32.4 Å². The molecule has 13 heteroatoms. The van der Waals surface area contributed by atoms with Crippen LogP contribution >= 0.6 is 0 Å². The van der Waals surface area contributed by atoms with E-state index >= 15 is 0 Å². The van der Waals surface area contributed by atoms with Gasteiger partial charge in [-0.1, -0.05) is 0 Å². The number of methoxy groups -OCH3 is 3. The maximum absolute atomic E-state index is 13.6. The van der Waals surface area contributed by atoms with Crippen molar-refractivity contribution in [3.63, 3.8) is 0 Å². The zero-order valence-electron chi connectivity index (χ0n) is 21.1. The van der Waals surface area contributed by atoms with Crippen LogP contribution in [0.3, 0.4) is 0 Å². The molecule has 3 N–H and O–H groups in total. The van der Waals surface area contributed by atoms with Crippen molar-refractivity contribution >= 4 is 28.3 Å². The number of aliphatic hydroxyl groups is 1. The van der Waals surface area contributed by atoms with E-state index in [4.69, 9.17) is 23.4 Å². The van der Waals surface area contributed by atoms with Crippen molar-refractivity contribution < 1.29 is 57.8 Å². The molecule has 206 valence electrons. The predicted octanol–water partition coefficient (Wildman–Crippen LogP) is 1.75. The van der Waals surface area contributed by atoms with Crippen LogP contribution in [0.4, 0.5) is 0 Å². The molecule has 3 aromatic rings. The first kappa shape index (κ1) is 25.2. The fourth-order valence-corrected chi connectivity index (χ4v) is 5.33. The van der Waals surface area contributed by atoms with Crippen molar-refractivity contribution in [2.75, 3.05) is 21.3 Å². The van der Waals surface area contributed by atoms with Crippen LogP contribution in [0, 0.1) is 0 Å². The highest BCUT2D eigenvalue weighted by molar-refractivity contribution is 6.29. The van der Waals surface area contributed by atoms with E-state index in [9.17, 15) is 34.5 Å². The number of carbonyl (C=O) groups is 3. The Bertz CT molecular complexity index is 1780. The number of hydrogen-bond donors (Lipinski definition) is 3. The molecule has 2 aliphatic heterocycles. The number of aryl methyl sites for hydroxylation is 1. The molecule has 40 heavy (non-hydrogen) atoms. The van der Waals surface area contributed by atoms with Gasteiger partial charge in [-0.2, -0.15) is 0 Å². The van der Waals surface area contributed by atoms with E-state index in [2.05, 4.69) is 4.74 Å². The first-order chi connectivity index (χ1) is 19.1. The van der Waals surface area contributed by atoms with Crippen LogP contribution in [-0.2, 0) is 15.9 Å². The molecule has 0 amide bonds. The number of benzene rings is 2. The van der Waals surface area contributed by atoms with Crippen molar-refractivity contribution in [1.82, 2.24) is 0 Å². The summed E-state index contributed by atoms with van der Waals surface area (Å²) in [4.78, 5) is 51.6. The maximum atomic E-state index is 13.6. The van der Waals surface area contributed by atoms with Crippen LogP contribution < -0.4 is 19.8 Å². The topological polar surface area (TPSA) is 188 Å². The lowest BCUT2D eigenvalue weighted by Gasteiger charge is -2.37. The van der Waals surface area contributed by atoms with Gasteiger partial charge in [0, 0.05) is 12.5 Å². The molecule has 0 fully saturated rings. The van der Waals surface area contributed by atoms with Gasteiger partial charge in [-0.05, 0) is 29.5 Å².